The van der Waals surface area contributed by atoms with Crippen LogP contribution in [-0.2, 0) is 20.1 Å². The number of nitrogens with one attached hydrogen (secondary N) is 3. The van der Waals surface area contributed by atoms with Gasteiger partial charge in [0.1, 0.15) is 4.90 Å². The maximum absolute atomic E-state index is 11.6. The van der Waals surface area contributed by atoms with Crippen molar-refractivity contribution in [3.63, 3.8) is 0 Å². The molecule has 3 rings (SSSR count). The summed E-state index contributed by atoms with van der Waals surface area (Å²) in [6.07, 6.45) is 8.70. The average Bonchev–Trinajstić information content (AvgIpc) is 2.60. The van der Waals surface area contributed by atoms with Crippen LogP contribution in [0.5, 0.6) is 0 Å². The first kappa shape index (κ1) is 22.5. The van der Waals surface area contributed by atoms with Gasteiger partial charge in [-0.15, -0.1) is 0 Å². The van der Waals surface area contributed by atoms with Crippen molar-refractivity contribution >= 4 is 25.8 Å². The molecule has 0 radical (unpaired) electrons. The highest BCUT2D eigenvalue weighted by molar-refractivity contribution is 7.88. The molecule has 2 saturated carbocycles. The van der Waals surface area contributed by atoms with Crippen LogP contribution in [0, 0.1) is 0 Å². The molecule has 0 heterocycles. The molecule has 0 amide bonds. The summed E-state index contributed by atoms with van der Waals surface area (Å²) in [7, 11) is -7.47. The van der Waals surface area contributed by atoms with E-state index in [1.165, 1.54) is 12.3 Å². The second-order valence-corrected chi connectivity index (χ2v) is 11.5. The predicted molar refractivity (Wildman–Crippen MR) is 113 cm³/mol. The van der Waals surface area contributed by atoms with Crippen LogP contribution >= 0.6 is 0 Å². The Labute approximate surface area is 173 Å². The number of rotatable bonds is 7. The molecule has 10 heteroatoms. The molecule has 2 aliphatic carbocycles. The first-order valence-corrected chi connectivity index (χ1v) is 13.5. The highest BCUT2D eigenvalue weighted by Gasteiger charge is 2.29. The van der Waals surface area contributed by atoms with Gasteiger partial charge in [-0.3, -0.25) is 4.55 Å². The van der Waals surface area contributed by atoms with E-state index in [1.54, 1.807) is 18.2 Å². The van der Waals surface area contributed by atoms with Gasteiger partial charge in [-0.1, -0.05) is 18.6 Å². The van der Waals surface area contributed by atoms with Crippen molar-refractivity contribution in [2.45, 2.75) is 80.4 Å². The van der Waals surface area contributed by atoms with Crippen LogP contribution in [0.4, 0.5) is 5.69 Å². The molecular weight excluding hydrogens is 414 g/mol. The molecule has 2 aliphatic rings. The number of hydrogen-bond donors (Lipinski definition) is 4. The summed E-state index contributed by atoms with van der Waals surface area (Å²) < 4.78 is 58.4. The Morgan fingerprint density at radius 2 is 1.41 bits per heavy atom. The first-order valence-electron chi connectivity index (χ1n) is 10.2. The monoisotopic (exact) mass is 445 g/mol. The fourth-order valence-electron chi connectivity index (χ4n) is 4.59. The van der Waals surface area contributed by atoms with Crippen molar-refractivity contribution in [3.8, 4) is 0 Å². The van der Waals surface area contributed by atoms with Gasteiger partial charge in [0.2, 0.25) is 10.0 Å². The third-order valence-corrected chi connectivity index (χ3v) is 7.40. The lowest BCUT2D eigenvalue weighted by Crippen LogP contribution is -2.49. The van der Waals surface area contributed by atoms with Crippen LogP contribution in [0.1, 0.15) is 51.4 Å². The molecule has 164 valence electrons. The van der Waals surface area contributed by atoms with Crippen LogP contribution in [0.15, 0.2) is 29.2 Å². The van der Waals surface area contributed by atoms with Gasteiger partial charge in [-0.25, -0.2) is 13.1 Å². The third-order valence-electron chi connectivity index (χ3n) is 5.73. The van der Waals surface area contributed by atoms with Crippen molar-refractivity contribution in [1.82, 2.24) is 10.0 Å². The predicted octanol–water partition coefficient (Wildman–Crippen LogP) is 2.11. The molecule has 0 aliphatic heterocycles. The zero-order valence-electron chi connectivity index (χ0n) is 16.7. The normalized spacial score (nSPS) is 28.8. The van der Waals surface area contributed by atoms with Crippen LogP contribution in [-0.4, -0.2) is 51.8 Å². The van der Waals surface area contributed by atoms with E-state index in [9.17, 15) is 21.4 Å². The number of benzene rings is 1. The van der Waals surface area contributed by atoms with E-state index >= 15 is 0 Å². The van der Waals surface area contributed by atoms with Crippen molar-refractivity contribution in [2.24, 2.45) is 0 Å². The Hall–Kier alpha value is -1.20. The Bertz CT molecular complexity index is 904. The molecule has 1 aromatic carbocycles. The number of anilines is 1. The topological polar surface area (TPSA) is 125 Å². The van der Waals surface area contributed by atoms with Gasteiger partial charge in [0.15, 0.2) is 0 Å². The highest BCUT2D eigenvalue weighted by Crippen LogP contribution is 2.28. The first-order chi connectivity index (χ1) is 13.6. The lowest BCUT2D eigenvalue weighted by atomic mass is 9.87. The number of para-hydroxylation sites is 1. The number of sulfonamides is 1. The van der Waals surface area contributed by atoms with Crippen molar-refractivity contribution < 1.29 is 21.4 Å². The van der Waals surface area contributed by atoms with Crippen LogP contribution in [0.2, 0.25) is 0 Å². The van der Waals surface area contributed by atoms with E-state index in [2.05, 4.69) is 15.4 Å². The fourth-order valence-corrected chi connectivity index (χ4v) is 6.06. The Morgan fingerprint density at radius 3 is 2.03 bits per heavy atom. The SMILES string of the molecule is CS(=O)(=O)NC1CCCC(NC2CCCC(Nc3ccccc3S(=O)(=O)O)C2)C1. The molecule has 4 atom stereocenters. The summed E-state index contributed by atoms with van der Waals surface area (Å²) in [6.45, 7) is 0. The maximum Gasteiger partial charge on any atom is 0.296 e. The van der Waals surface area contributed by atoms with Crippen molar-refractivity contribution in [3.05, 3.63) is 24.3 Å². The largest absolute Gasteiger partial charge is 0.381 e. The van der Waals surface area contributed by atoms with Crippen LogP contribution in [0.25, 0.3) is 0 Å². The molecule has 0 saturated heterocycles. The van der Waals surface area contributed by atoms with E-state index in [0.717, 1.165) is 51.4 Å². The Balaban J connectivity index is 1.58. The van der Waals surface area contributed by atoms with Gasteiger partial charge in [-0.05, 0) is 57.1 Å². The second-order valence-electron chi connectivity index (χ2n) is 8.29. The maximum atomic E-state index is 11.6. The van der Waals surface area contributed by atoms with Gasteiger partial charge >= 0.3 is 0 Å². The smallest absolute Gasteiger partial charge is 0.296 e. The summed E-state index contributed by atoms with van der Waals surface area (Å²) in [5.41, 5.74) is 0.427. The van der Waals surface area contributed by atoms with Gasteiger partial charge < -0.3 is 10.6 Å². The average molecular weight is 446 g/mol. The lowest BCUT2D eigenvalue weighted by Gasteiger charge is -2.37. The standard InChI is InChI=1S/C19H31N3O5S2/c1-28(23,24)22-17-9-5-7-15(13-17)20-14-6-4-8-16(12-14)21-18-10-2-3-11-19(18)29(25,26)27/h2-3,10-11,14-17,20-22H,4-9,12-13H2,1H3,(H,25,26,27). The molecule has 0 spiro atoms. The van der Waals surface area contributed by atoms with Crippen molar-refractivity contribution in [2.75, 3.05) is 11.6 Å². The molecular formula is C19H31N3O5S2. The summed E-state index contributed by atoms with van der Waals surface area (Å²) in [5, 5.41) is 6.98. The molecule has 8 nitrogen and oxygen atoms in total. The summed E-state index contributed by atoms with van der Waals surface area (Å²) in [4.78, 5) is -0.0999. The van der Waals surface area contributed by atoms with E-state index in [1.807, 2.05) is 0 Å². The zero-order valence-corrected chi connectivity index (χ0v) is 18.3. The van der Waals surface area contributed by atoms with Gasteiger partial charge in [0, 0.05) is 24.2 Å². The Morgan fingerprint density at radius 1 is 0.862 bits per heavy atom. The molecule has 0 bridgehead atoms. The lowest BCUT2D eigenvalue weighted by molar-refractivity contribution is 0.263. The van der Waals surface area contributed by atoms with Gasteiger partial charge in [0.05, 0.1) is 11.9 Å². The van der Waals surface area contributed by atoms with Crippen LogP contribution < -0.4 is 15.4 Å². The summed E-state index contributed by atoms with van der Waals surface area (Å²) >= 11 is 0. The number of hydrogen-bond acceptors (Lipinski definition) is 6. The van der Waals surface area contributed by atoms with Crippen molar-refractivity contribution in [1.29, 1.82) is 0 Å². The minimum atomic E-state index is -4.28. The second kappa shape index (κ2) is 9.30. The highest BCUT2D eigenvalue weighted by atomic mass is 32.2. The third kappa shape index (κ3) is 6.92. The molecule has 29 heavy (non-hydrogen) atoms. The zero-order chi connectivity index (χ0) is 21.1. The van der Waals surface area contributed by atoms with E-state index in [0.29, 0.717) is 11.7 Å². The summed E-state index contributed by atoms with van der Waals surface area (Å²) in [5.74, 6) is 0. The van der Waals surface area contributed by atoms with E-state index in [-0.39, 0.29) is 23.0 Å². The molecule has 1 aromatic rings. The molecule has 0 aromatic heterocycles. The quantitative estimate of drug-likeness (QED) is 0.474. The molecule has 4 unspecified atom stereocenters. The molecule has 4 N–H and O–H groups in total. The van der Waals surface area contributed by atoms with E-state index < -0.39 is 20.1 Å². The Kier molecular flexibility index (Phi) is 7.21. The minimum absolute atomic E-state index is 0.0181. The molecule has 2 fully saturated rings. The summed E-state index contributed by atoms with van der Waals surface area (Å²) in [6, 6.07) is 7.05. The van der Waals surface area contributed by atoms with Crippen LogP contribution in [0.3, 0.4) is 0 Å². The minimum Gasteiger partial charge on any atom is -0.381 e. The van der Waals surface area contributed by atoms with Gasteiger partial charge in [0.25, 0.3) is 10.1 Å². The van der Waals surface area contributed by atoms with Gasteiger partial charge in [-0.2, -0.15) is 8.42 Å². The van der Waals surface area contributed by atoms with E-state index in [4.69, 9.17) is 0 Å². The fraction of sp³-hybridized carbons (Fsp3) is 0.684.